The normalized spacial score (nSPS) is 32.3. The Bertz CT molecular complexity index is 326. The third-order valence-electron chi connectivity index (χ3n) is 3.85. The molecule has 102 valence electrons. The number of hydrogen-bond acceptors (Lipinski definition) is 3. The van der Waals surface area contributed by atoms with Gasteiger partial charge in [0, 0.05) is 19.1 Å². The molecule has 1 saturated carbocycles. The van der Waals surface area contributed by atoms with Gasteiger partial charge in [0.2, 0.25) is 0 Å². The highest BCUT2D eigenvalue weighted by Crippen LogP contribution is 2.24. The number of likely N-dealkylation sites (tertiary alicyclic amines) is 1. The Morgan fingerprint density at radius 3 is 2.28 bits per heavy atom. The van der Waals surface area contributed by atoms with E-state index in [4.69, 9.17) is 5.11 Å². The van der Waals surface area contributed by atoms with E-state index in [1.54, 1.807) is 4.90 Å². The van der Waals surface area contributed by atoms with Crippen molar-refractivity contribution >= 4 is 12.0 Å². The van der Waals surface area contributed by atoms with Gasteiger partial charge in [0.1, 0.15) is 0 Å². The lowest BCUT2D eigenvalue weighted by Gasteiger charge is -2.28. The molecule has 1 aliphatic carbocycles. The Hall–Kier alpha value is -1.30. The van der Waals surface area contributed by atoms with E-state index < -0.39 is 12.1 Å². The zero-order valence-electron chi connectivity index (χ0n) is 10.3. The lowest BCUT2D eigenvalue weighted by Crippen LogP contribution is -2.45. The number of β-amino-alcohol motifs (C(OH)–C–C–N with tert-alkyl or cyclic N) is 1. The lowest BCUT2D eigenvalue weighted by atomic mass is 9.86. The molecule has 0 radical (unpaired) electrons. The molecule has 1 saturated heterocycles. The summed E-state index contributed by atoms with van der Waals surface area (Å²) in [6.45, 7) is 0.994. The van der Waals surface area contributed by atoms with Crippen molar-refractivity contribution in [2.75, 3.05) is 13.1 Å². The van der Waals surface area contributed by atoms with Gasteiger partial charge in [0.05, 0.1) is 12.0 Å². The lowest BCUT2D eigenvalue weighted by molar-refractivity contribution is -0.142. The van der Waals surface area contributed by atoms with E-state index in [9.17, 15) is 14.7 Å². The number of rotatable bonds is 2. The molecule has 2 amide bonds. The van der Waals surface area contributed by atoms with Gasteiger partial charge in [0.15, 0.2) is 0 Å². The number of carboxylic acids is 1. The van der Waals surface area contributed by atoms with Crippen LogP contribution in [0, 0.1) is 5.92 Å². The summed E-state index contributed by atoms with van der Waals surface area (Å²) in [6, 6.07) is -0.0591. The van der Waals surface area contributed by atoms with Gasteiger partial charge in [-0.1, -0.05) is 0 Å². The topological polar surface area (TPSA) is 89.9 Å². The molecule has 0 aromatic rings. The predicted octanol–water partition coefficient (Wildman–Crippen LogP) is 0.406. The smallest absolute Gasteiger partial charge is 0.317 e. The van der Waals surface area contributed by atoms with Gasteiger partial charge in [-0.05, 0) is 32.1 Å². The van der Waals surface area contributed by atoms with Crippen LogP contribution in [0.1, 0.15) is 32.1 Å². The van der Waals surface area contributed by atoms with Crippen molar-refractivity contribution in [3.05, 3.63) is 0 Å². The van der Waals surface area contributed by atoms with E-state index >= 15 is 0 Å². The van der Waals surface area contributed by atoms with E-state index in [0.717, 1.165) is 12.8 Å². The second-order valence-electron chi connectivity index (χ2n) is 5.22. The number of carbonyl (C=O) groups excluding carboxylic acids is 1. The van der Waals surface area contributed by atoms with E-state index in [0.29, 0.717) is 32.4 Å². The largest absolute Gasteiger partial charge is 0.481 e. The van der Waals surface area contributed by atoms with E-state index in [2.05, 4.69) is 5.32 Å². The van der Waals surface area contributed by atoms with Crippen LogP contribution in [0.5, 0.6) is 0 Å². The minimum atomic E-state index is -0.734. The van der Waals surface area contributed by atoms with E-state index in [-0.39, 0.29) is 18.0 Å². The fraction of sp³-hybridized carbons (Fsp3) is 0.833. The minimum Gasteiger partial charge on any atom is -0.481 e. The van der Waals surface area contributed by atoms with Crippen LogP contribution in [0.2, 0.25) is 0 Å². The van der Waals surface area contributed by atoms with Crippen LogP contribution < -0.4 is 5.32 Å². The molecule has 1 heterocycles. The summed E-state index contributed by atoms with van der Waals surface area (Å²) in [5.74, 6) is -0.991. The second-order valence-corrected chi connectivity index (χ2v) is 5.22. The van der Waals surface area contributed by atoms with Crippen LogP contribution in [0.4, 0.5) is 4.79 Å². The molecule has 2 fully saturated rings. The first-order valence-electron chi connectivity index (χ1n) is 6.52. The van der Waals surface area contributed by atoms with Crippen LogP contribution in [0.25, 0.3) is 0 Å². The Morgan fingerprint density at radius 1 is 1.11 bits per heavy atom. The van der Waals surface area contributed by atoms with Crippen LogP contribution in [0.3, 0.4) is 0 Å². The zero-order valence-corrected chi connectivity index (χ0v) is 10.3. The molecule has 6 heteroatoms. The molecule has 18 heavy (non-hydrogen) atoms. The molecule has 1 atom stereocenters. The van der Waals surface area contributed by atoms with Crippen LogP contribution in [0.15, 0.2) is 0 Å². The average Bonchev–Trinajstić information content (AvgIpc) is 2.76. The third-order valence-corrected chi connectivity index (χ3v) is 3.85. The number of amides is 2. The number of nitrogens with zero attached hydrogens (tertiary/aromatic N) is 1. The molecular formula is C12H20N2O4. The number of carboxylic acid groups (broad SMARTS) is 1. The highest BCUT2D eigenvalue weighted by Gasteiger charge is 2.29. The Morgan fingerprint density at radius 2 is 1.78 bits per heavy atom. The molecule has 0 spiro atoms. The molecule has 0 bridgehead atoms. The van der Waals surface area contributed by atoms with Gasteiger partial charge in [-0.3, -0.25) is 4.79 Å². The fourth-order valence-electron chi connectivity index (χ4n) is 2.68. The molecule has 6 nitrogen and oxygen atoms in total. The summed E-state index contributed by atoms with van der Waals surface area (Å²) in [5, 5.41) is 21.2. The van der Waals surface area contributed by atoms with Crippen molar-refractivity contribution < 1.29 is 19.8 Å². The molecule has 0 aromatic heterocycles. The number of carbonyl (C=O) groups is 2. The third kappa shape index (κ3) is 3.13. The van der Waals surface area contributed by atoms with Crippen LogP contribution >= 0.6 is 0 Å². The molecule has 1 unspecified atom stereocenters. The minimum absolute atomic E-state index is 0.0749. The van der Waals surface area contributed by atoms with Gasteiger partial charge in [-0.25, -0.2) is 4.79 Å². The van der Waals surface area contributed by atoms with Crippen molar-refractivity contribution in [1.29, 1.82) is 0 Å². The van der Waals surface area contributed by atoms with Crippen LogP contribution in [-0.2, 0) is 4.79 Å². The number of aliphatic carboxylic acids is 1. The van der Waals surface area contributed by atoms with Gasteiger partial charge in [-0.15, -0.1) is 0 Å². The number of aliphatic hydroxyl groups excluding tert-OH is 1. The molecule has 3 N–H and O–H groups in total. The monoisotopic (exact) mass is 256 g/mol. The van der Waals surface area contributed by atoms with Gasteiger partial charge in [-0.2, -0.15) is 0 Å². The van der Waals surface area contributed by atoms with E-state index in [1.807, 2.05) is 0 Å². The van der Waals surface area contributed by atoms with Gasteiger partial charge >= 0.3 is 12.0 Å². The standard InChI is InChI=1S/C12H20N2O4/c15-10-5-6-14(7-10)12(18)13-9-3-1-8(2-4-9)11(16)17/h8-10,15H,1-7H2,(H,13,18)(H,16,17). The molecule has 2 rings (SSSR count). The average molecular weight is 256 g/mol. The maximum Gasteiger partial charge on any atom is 0.317 e. The second kappa shape index (κ2) is 5.56. The van der Waals surface area contributed by atoms with Crippen molar-refractivity contribution in [2.45, 2.75) is 44.2 Å². The Balaban J connectivity index is 1.74. The molecule has 0 aromatic carbocycles. The maximum absolute atomic E-state index is 11.9. The fourth-order valence-corrected chi connectivity index (χ4v) is 2.68. The highest BCUT2D eigenvalue weighted by atomic mass is 16.4. The van der Waals surface area contributed by atoms with Crippen molar-refractivity contribution in [3.63, 3.8) is 0 Å². The van der Waals surface area contributed by atoms with Gasteiger partial charge < -0.3 is 20.4 Å². The quantitative estimate of drug-likeness (QED) is 0.667. The number of hydrogen-bond donors (Lipinski definition) is 3. The summed E-state index contributed by atoms with van der Waals surface area (Å²) in [4.78, 5) is 24.3. The van der Waals surface area contributed by atoms with Gasteiger partial charge in [0.25, 0.3) is 0 Å². The zero-order chi connectivity index (χ0) is 13.1. The summed E-state index contributed by atoms with van der Waals surface area (Å²) < 4.78 is 0. The Labute approximate surface area is 106 Å². The SMILES string of the molecule is O=C(O)C1CCC(NC(=O)N2CCC(O)C2)CC1. The summed E-state index contributed by atoms with van der Waals surface area (Å²) in [6.07, 6.45) is 2.93. The first kappa shape index (κ1) is 13.1. The van der Waals surface area contributed by atoms with Crippen molar-refractivity contribution in [3.8, 4) is 0 Å². The first-order chi connectivity index (χ1) is 8.56. The molecular weight excluding hydrogens is 236 g/mol. The molecule has 2 aliphatic rings. The summed E-state index contributed by atoms with van der Waals surface area (Å²) in [7, 11) is 0. The highest BCUT2D eigenvalue weighted by molar-refractivity contribution is 5.75. The predicted molar refractivity (Wildman–Crippen MR) is 64.1 cm³/mol. The summed E-state index contributed by atoms with van der Waals surface area (Å²) >= 11 is 0. The number of urea groups is 1. The number of aliphatic hydroxyl groups is 1. The van der Waals surface area contributed by atoms with Crippen molar-refractivity contribution in [1.82, 2.24) is 10.2 Å². The first-order valence-corrected chi connectivity index (χ1v) is 6.52. The summed E-state index contributed by atoms with van der Waals surface area (Å²) in [5.41, 5.74) is 0. The van der Waals surface area contributed by atoms with E-state index in [1.165, 1.54) is 0 Å². The maximum atomic E-state index is 11.9. The Kier molecular flexibility index (Phi) is 4.06. The van der Waals surface area contributed by atoms with Crippen LogP contribution in [-0.4, -0.2) is 52.3 Å². The molecule has 1 aliphatic heterocycles. The van der Waals surface area contributed by atoms with Crippen molar-refractivity contribution in [2.24, 2.45) is 5.92 Å². The number of nitrogens with one attached hydrogen (secondary N) is 1.